The van der Waals surface area contributed by atoms with Crippen molar-refractivity contribution in [3.8, 4) is 17.3 Å². The lowest BCUT2D eigenvalue weighted by Gasteiger charge is -2.22. The standard InChI is InChI=1S/C32H37N2O/c1-20-12-13-26-25-15-14-24(23-10-8-7-9-11-23)27(19-33)30(25)35-31(26)29(20)28-17-22(18-32(3,4)5)16-21(2)34(28)6/h12-17,23H,7-11,18H2,1-6H3/q+1/i16D,17D,18D2,23D. The Morgan fingerprint density at radius 2 is 1.77 bits per heavy atom. The lowest BCUT2D eigenvalue weighted by Crippen LogP contribution is -2.35. The number of nitriles is 1. The number of hydrogen-bond donors (Lipinski definition) is 0. The summed E-state index contributed by atoms with van der Waals surface area (Å²) in [5, 5.41) is 11.9. The number of aryl methyl sites for hydroxylation is 1. The zero-order valence-electron chi connectivity index (χ0n) is 26.6. The molecular weight excluding hydrogens is 428 g/mol. The predicted octanol–water partition coefficient (Wildman–Crippen LogP) is 8.20. The van der Waals surface area contributed by atoms with Crippen LogP contribution in [0.3, 0.4) is 0 Å². The maximum absolute atomic E-state index is 10.3. The molecule has 0 saturated heterocycles. The quantitative estimate of drug-likeness (QED) is 0.283. The Kier molecular flexibility index (Phi) is 4.59. The summed E-state index contributed by atoms with van der Waals surface area (Å²) in [7, 11) is 1.80. The average Bonchev–Trinajstić information content (AvgIpc) is 3.26. The highest BCUT2D eigenvalue weighted by molar-refractivity contribution is 6.11. The van der Waals surface area contributed by atoms with E-state index in [4.69, 9.17) is 8.53 Å². The first-order valence-electron chi connectivity index (χ1n) is 15.1. The molecule has 0 unspecified atom stereocenters. The molecule has 3 nitrogen and oxygen atoms in total. The Bertz CT molecular complexity index is 1720. The molecular formula is C32H37N2O+. The molecule has 35 heavy (non-hydrogen) atoms. The number of fused-ring (bicyclic) bond motifs is 3. The highest BCUT2D eigenvalue weighted by Gasteiger charge is 2.26. The van der Waals surface area contributed by atoms with E-state index in [9.17, 15) is 8.00 Å². The van der Waals surface area contributed by atoms with Crippen molar-refractivity contribution in [2.45, 2.75) is 79.0 Å². The van der Waals surface area contributed by atoms with Crippen molar-refractivity contribution in [1.82, 2.24) is 0 Å². The minimum absolute atomic E-state index is 0.0234. The van der Waals surface area contributed by atoms with Crippen molar-refractivity contribution in [2.24, 2.45) is 12.5 Å². The Balaban J connectivity index is 1.87. The zero-order valence-corrected chi connectivity index (χ0v) is 21.6. The predicted molar refractivity (Wildman–Crippen MR) is 144 cm³/mol. The fourth-order valence-electron chi connectivity index (χ4n) is 5.28. The van der Waals surface area contributed by atoms with Gasteiger partial charge in [0.25, 0.3) is 0 Å². The number of benzene rings is 2. The molecule has 2 aromatic carbocycles. The van der Waals surface area contributed by atoms with Crippen LogP contribution in [0.2, 0.25) is 0 Å². The minimum atomic E-state index is -1.93. The molecule has 2 aromatic heterocycles. The van der Waals surface area contributed by atoms with Crippen molar-refractivity contribution in [3.05, 3.63) is 64.3 Å². The van der Waals surface area contributed by atoms with Gasteiger partial charge in [-0.05, 0) is 54.1 Å². The van der Waals surface area contributed by atoms with Gasteiger partial charge in [-0.2, -0.15) is 9.83 Å². The first-order valence-corrected chi connectivity index (χ1v) is 12.6. The van der Waals surface area contributed by atoms with Gasteiger partial charge in [-0.1, -0.05) is 64.3 Å². The summed E-state index contributed by atoms with van der Waals surface area (Å²) in [4.78, 5) is 0. The van der Waals surface area contributed by atoms with Crippen LogP contribution in [0.4, 0.5) is 0 Å². The van der Waals surface area contributed by atoms with E-state index in [1.807, 2.05) is 31.2 Å². The van der Waals surface area contributed by atoms with Gasteiger partial charge in [-0.25, -0.2) is 0 Å². The van der Waals surface area contributed by atoms with Gasteiger partial charge < -0.3 is 4.42 Å². The first kappa shape index (κ1) is 18.2. The molecule has 0 radical (unpaired) electrons. The third-order valence-corrected chi connectivity index (χ3v) is 7.09. The molecule has 0 bridgehead atoms. The van der Waals surface area contributed by atoms with Gasteiger partial charge in [0.2, 0.25) is 5.69 Å². The Morgan fingerprint density at radius 1 is 1.09 bits per heavy atom. The number of hydrogen-bond acceptors (Lipinski definition) is 2. The molecule has 2 heterocycles. The van der Waals surface area contributed by atoms with Gasteiger partial charge in [0.05, 0.1) is 13.9 Å². The van der Waals surface area contributed by atoms with Crippen LogP contribution >= 0.6 is 0 Å². The molecule has 1 fully saturated rings. The highest BCUT2D eigenvalue weighted by atomic mass is 16.3. The van der Waals surface area contributed by atoms with Crippen molar-refractivity contribution >= 4 is 21.9 Å². The highest BCUT2D eigenvalue weighted by Crippen LogP contribution is 2.42. The van der Waals surface area contributed by atoms with Crippen molar-refractivity contribution in [1.29, 1.82) is 5.26 Å². The normalized spacial score (nSPS) is 18.5. The van der Waals surface area contributed by atoms with Crippen LogP contribution in [0, 0.1) is 30.6 Å². The van der Waals surface area contributed by atoms with E-state index in [1.54, 1.807) is 39.3 Å². The fraction of sp³-hybridized carbons (Fsp3) is 0.438. The molecule has 5 rings (SSSR count). The van der Waals surface area contributed by atoms with E-state index in [2.05, 4.69) is 6.07 Å². The smallest absolute Gasteiger partial charge is 0.216 e. The summed E-state index contributed by atoms with van der Waals surface area (Å²) in [6.07, 6.45) is 2.54. The van der Waals surface area contributed by atoms with E-state index in [0.717, 1.165) is 35.6 Å². The van der Waals surface area contributed by atoms with Crippen molar-refractivity contribution in [2.75, 3.05) is 0 Å². The maximum Gasteiger partial charge on any atom is 0.216 e. The minimum Gasteiger partial charge on any atom is -0.454 e. The monoisotopic (exact) mass is 470 g/mol. The third-order valence-electron chi connectivity index (χ3n) is 7.09. The number of nitrogens with zero attached hydrogens (tertiary/aromatic N) is 2. The lowest BCUT2D eigenvalue weighted by molar-refractivity contribution is -0.666. The number of rotatable bonds is 3. The second-order valence-corrected chi connectivity index (χ2v) is 10.9. The van der Waals surface area contributed by atoms with Crippen LogP contribution in [0.5, 0.6) is 0 Å². The number of furan rings is 1. The van der Waals surface area contributed by atoms with Gasteiger partial charge in [-0.3, -0.25) is 0 Å². The summed E-state index contributed by atoms with van der Waals surface area (Å²) in [5.74, 6) is -0.815. The summed E-state index contributed by atoms with van der Waals surface area (Å²) in [5.41, 5.74) is 3.82. The first-order chi connectivity index (χ1) is 18.7. The largest absolute Gasteiger partial charge is 0.454 e. The third kappa shape index (κ3) is 4.25. The second kappa shape index (κ2) is 8.83. The molecule has 1 aliphatic carbocycles. The summed E-state index contributed by atoms with van der Waals surface area (Å²) in [6.45, 7) is 9.06. The van der Waals surface area contributed by atoms with Gasteiger partial charge in [0.15, 0.2) is 11.3 Å². The van der Waals surface area contributed by atoms with Crippen LogP contribution in [-0.4, -0.2) is 0 Å². The van der Waals surface area contributed by atoms with Crippen LogP contribution in [-0.2, 0) is 13.4 Å². The molecule has 180 valence electrons. The summed E-state index contributed by atoms with van der Waals surface area (Å²) < 4.78 is 53.5. The molecule has 4 aromatic rings. The SMILES string of the molecule is [2H]c1c(C([2H])([2H])C(C)(C)C)c([2H])c(-c2c(C)ccc3c2oc2c(C#N)c(C4([2H])CCCCC4)ccc23)[n+](C)c1C. The number of aromatic nitrogens is 1. The van der Waals surface area contributed by atoms with Crippen molar-refractivity contribution in [3.63, 3.8) is 0 Å². The summed E-state index contributed by atoms with van der Waals surface area (Å²) in [6, 6.07) is 10.1. The molecule has 1 aliphatic rings. The van der Waals surface area contributed by atoms with E-state index in [0.29, 0.717) is 52.1 Å². The van der Waals surface area contributed by atoms with Gasteiger partial charge in [-0.15, -0.1) is 0 Å². The van der Waals surface area contributed by atoms with Gasteiger partial charge >= 0.3 is 0 Å². The van der Waals surface area contributed by atoms with Gasteiger partial charge in [0, 0.05) is 33.9 Å². The molecule has 1 saturated carbocycles. The number of pyridine rings is 1. The Labute approximate surface area is 216 Å². The topological polar surface area (TPSA) is 40.8 Å². The maximum atomic E-state index is 10.3. The van der Waals surface area contributed by atoms with Crippen molar-refractivity contribution < 1.29 is 15.8 Å². The van der Waals surface area contributed by atoms with Gasteiger partial charge in [0.1, 0.15) is 18.7 Å². The van der Waals surface area contributed by atoms with Crippen LogP contribution in [0.1, 0.15) is 93.6 Å². The zero-order chi connectivity index (χ0) is 29.4. The molecule has 0 amide bonds. The summed E-state index contributed by atoms with van der Waals surface area (Å²) >= 11 is 0. The van der Waals surface area contributed by atoms with E-state index >= 15 is 0 Å². The molecule has 0 atom stereocenters. The van der Waals surface area contributed by atoms with Crippen LogP contribution < -0.4 is 4.57 Å². The van der Waals surface area contributed by atoms with E-state index in [-0.39, 0.29) is 17.6 Å². The molecule has 0 spiro atoms. The second-order valence-electron chi connectivity index (χ2n) is 10.9. The molecule has 0 aliphatic heterocycles. The van der Waals surface area contributed by atoms with E-state index < -0.39 is 17.7 Å². The Morgan fingerprint density at radius 3 is 2.46 bits per heavy atom. The molecule has 0 N–H and O–H groups in total. The van der Waals surface area contributed by atoms with E-state index in [1.165, 1.54) is 0 Å². The lowest BCUT2D eigenvalue weighted by atomic mass is 9.82. The average molecular weight is 471 g/mol. The van der Waals surface area contributed by atoms with Crippen LogP contribution in [0.15, 0.2) is 40.8 Å². The molecule has 3 heteroatoms. The van der Waals surface area contributed by atoms with Crippen LogP contribution in [0.25, 0.3) is 33.2 Å². The fourth-order valence-corrected chi connectivity index (χ4v) is 5.28. The Hall–Kier alpha value is -3.12.